The molecule has 2 N–H and O–H groups in total. The van der Waals surface area contributed by atoms with E-state index in [2.05, 4.69) is 10.3 Å². The maximum absolute atomic E-state index is 14.5. The van der Waals surface area contributed by atoms with E-state index in [9.17, 15) is 27.9 Å². The number of hydrogen-bond acceptors (Lipinski definition) is 5. The third-order valence-electron chi connectivity index (χ3n) is 5.79. The smallest absolute Gasteiger partial charge is 0.337 e. The highest BCUT2D eigenvalue weighted by atomic mass is 19.3. The number of alkyl halides is 3. The number of carboxylic acids is 1. The number of nitrogens with one attached hydrogen (secondary N) is 1. The van der Waals surface area contributed by atoms with Crippen molar-refractivity contribution in [1.82, 2.24) is 9.55 Å². The molecule has 0 aliphatic carbocycles. The first-order chi connectivity index (χ1) is 15.1. The molecule has 1 saturated heterocycles. The molecule has 0 amide bonds. The molecule has 0 spiro atoms. The first-order valence-electron chi connectivity index (χ1n) is 10.3. The van der Waals surface area contributed by atoms with Crippen molar-refractivity contribution in [1.29, 1.82) is 0 Å². The molecule has 7 nitrogen and oxygen atoms in total. The molecule has 4 rings (SSSR count). The van der Waals surface area contributed by atoms with Crippen LogP contribution in [0.25, 0.3) is 5.57 Å². The summed E-state index contributed by atoms with van der Waals surface area (Å²) in [6, 6.07) is 7.00. The molecule has 32 heavy (non-hydrogen) atoms. The summed E-state index contributed by atoms with van der Waals surface area (Å²) in [5.41, 5.74) is 0.331. The normalized spacial score (nSPS) is 20.8. The zero-order chi connectivity index (χ0) is 23.0. The van der Waals surface area contributed by atoms with Crippen LogP contribution in [-0.2, 0) is 6.54 Å². The van der Waals surface area contributed by atoms with Crippen molar-refractivity contribution in [2.75, 3.05) is 23.3 Å². The van der Waals surface area contributed by atoms with Gasteiger partial charge in [0.2, 0.25) is 0 Å². The molecule has 170 valence electrons. The minimum atomic E-state index is -2.73. The van der Waals surface area contributed by atoms with Crippen molar-refractivity contribution in [2.24, 2.45) is 0 Å². The number of carboxylic acid groups (broad SMARTS) is 1. The maximum Gasteiger partial charge on any atom is 0.337 e. The van der Waals surface area contributed by atoms with Crippen molar-refractivity contribution in [3.8, 4) is 0 Å². The second-order valence-electron chi connectivity index (χ2n) is 8.08. The van der Waals surface area contributed by atoms with Crippen LogP contribution in [0.15, 0.2) is 41.2 Å². The Bertz CT molecular complexity index is 1120. The van der Waals surface area contributed by atoms with Gasteiger partial charge in [0.15, 0.2) is 0 Å². The first-order valence-corrected chi connectivity index (χ1v) is 10.3. The summed E-state index contributed by atoms with van der Waals surface area (Å²) in [5.74, 6) is -3.33. The van der Waals surface area contributed by atoms with Gasteiger partial charge in [-0.05, 0) is 25.1 Å². The van der Waals surface area contributed by atoms with Crippen molar-refractivity contribution < 1.29 is 23.1 Å². The molecule has 1 aromatic carbocycles. The van der Waals surface area contributed by atoms with Gasteiger partial charge in [-0.1, -0.05) is 12.1 Å². The molecular formula is C22H23F3N4O3. The number of aromatic nitrogens is 2. The number of fused-ring (bicyclic) bond motifs is 1. The van der Waals surface area contributed by atoms with Crippen molar-refractivity contribution in [3.05, 3.63) is 58.1 Å². The Morgan fingerprint density at radius 2 is 1.97 bits per heavy atom. The number of para-hydroxylation sites is 1. The van der Waals surface area contributed by atoms with Gasteiger partial charge in [0.05, 0.1) is 18.2 Å². The van der Waals surface area contributed by atoms with E-state index in [1.165, 1.54) is 22.8 Å². The third-order valence-corrected chi connectivity index (χ3v) is 5.79. The summed E-state index contributed by atoms with van der Waals surface area (Å²) in [7, 11) is 0. The van der Waals surface area contributed by atoms with E-state index in [1.54, 1.807) is 30.0 Å². The van der Waals surface area contributed by atoms with E-state index in [1.807, 2.05) is 0 Å². The van der Waals surface area contributed by atoms with Crippen molar-refractivity contribution >= 4 is 23.0 Å². The Balaban J connectivity index is 1.67. The number of piperidine rings is 1. The highest BCUT2D eigenvalue weighted by Gasteiger charge is 2.35. The fraction of sp³-hybridized carbons (Fsp3) is 0.409. The highest BCUT2D eigenvalue weighted by Crippen LogP contribution is 2.31. The Kier molecular flexibility index (Phi) is 5.70. The zero-order valence-electron chi connectivity index (χ0n) is 17.4. The van der Waals surface area contributed by atoms with E-state index in [0.29, 0.717) is 11.3 Å². The summed E-state index contributed by atoms with van der Waals surface area (Å²) in [6.07, 6.45) is -0.717. The number of nitrogens with zero attached hydrogens (tertiary/aromatic N) is 3. The summed E-state index contributed by atoms with van der Waals surface area (Å²) < 4.78 is 42.8. The summed E-state index contributed by atoms with van der Waals surface area (Å²) >= 11 is 0. The van der Waals surface area contributed by atoms with E-state index >= 15 is 0 Å². The molecule has 2 aliphatic rings. The molecule has 1 unspecified atom stereocenters. The van der Waals surface area contributed by atoms with Gasteiger partial charge in [-0.2, -0.15) is 0 Å². The molecule has 3 heterocycles. The largest absolute Gasteiger partial charge is 0.478 e. The van der Waals surface area contributed by atoms with Crippen LogP contribution in [-0.4, -0.2) is 51.9 Å². The first kappa shape index (κ1) is 21.9. The molecule has 0 bridgehead atoms. The summed E-state index contributed by atoms with van der Waals surface area (Å²) in [6.45, 7) is 1.65. The van der Waals surface area contributed by atoms with Crippen LogP contribution in [0.5, 0.6) is 0 Å². The Morgan fingerprint density at radius 1 is 1.28 bits per heavy atom. The lowest BCUT2D eigenvalue weighted by atomic mass is 10.0. The molecule has 0 saturated carbocycles. The predicted molar refractivity (Wildman–Crippen MR) is 114 cm³/mol. The van der Waals surface area contributed by atoms with E-state index < -0.39 is 29.7 Å². The number of rotatable bonds is 5. The van der Waals surface area contributed by atoms with Gasteiger partial charge in [-0.3, -0.25) is 9.36 Å². The molecular weight excluding hydrogens is 425 g/mol. The van der Waals surface area contributed by atoms with Gasteiger partial charge in [0, 0.05) is 43.3 Å². The fourth-order valence-corrected chi connectivity index (χ4v) is 4.06. The topological polar surface area (TPSA) is 87.5 Å². The average molecular weight is 448 g/mol. The van der Waals surface area contributed by atoms with Crippen LogP contribution < -0.4 is 15.8 Å². The maximum atomic E-state index is 14.5. The molecule has 1 fully saturated rings. The number of hydrogen-bond donors (Lipinski definition) is 2. The van der Waals surface area contributed by atoms with E-state index in [-0.39, 0.29) is 49.7 Å². The minimum Gasteiger partial charge on any atom is -0.478 e. The summed E-state index contributed by atoms with van der Waals surface area (Å²) in [4.78, 5) is 30.4. The number of aromatic carboxylic acids is 1. The lowest BCUT2D eigenvalue weighted by molar-refractivity contribution is -0.0221. The molecule has 2 aromatic rings. The lowest BCUT2D eigenvalue weighted by Crippen LogP contribution is -2.41. The van der Waals surface area contributed by atoms with Gasteiger partial charge in [0.25, 0.3) is 11.5 Å². The number of allylic oxidation sites excluding steroid dienone is 1. The standard InChI is InChI=1S/C22H23F3N4O3/c1-13(26-17-5-3-2-4-15(17)21(31)32)16-10-14(23)12-29-19(30)11-18(27-20(16)29)28-8-6-22(24,25)7-9-28/h2-5,10-11,13-14,26H,6-9,12H2,1H3,(H,31,32)/t13-,14?/m1/s1. The molecule has 10 heteroatoms. The molecule has 2 aliphatic heterocycles. The molecule has 1 aromatic heterocycles. The van der Waals surface area contributed by atoms with Crippen LogP contribution in [0, 0.1) is 0 Å². The average Bonchev–Trinajstić information content (AvgIpc) is 2.74. The van der Waals surface area contributed by atoms with Gasteiger partial charge in [-0.15, -0.1) is 0 Å². The van der Waals surface area contributed by atoms with E-state index in [0.717, 1.165) is 0 Å². The second-order valence-corrected chi connectivity index (χ2v) is 8.08. The van der Waals surface area contributed by atoms with E-state index in [4.69, 9.17) is 0 Å². The highest BCUT2D eigenvalue weighted by molar-refractivity contribution is 5.94. The molecule has 2 atom stereocenters. The fourth-order valence-electron chi connectivity index (χ4n) is 4.06. The summed E-state index contributed by atoms with van der Waals surface area (Å²) in [5, 5.41) is 12.5. The van der Waals surface area contributed by atoms with Crippen LogP contribution in [0.3, 0.4) is 0 Å². The van der Waals surface area contributed by atoms with Crippen molar-refractivity contribution in [3.63, 3.8) is 0 Å². The lowest BCUT2D eigenvalue weighted by Gasteiger charge is -2.33. The van der Waals surface area contributed by atoms with Gasteiger partial charge >= 0.3 is 5.97 Å². The number of anilines is 2. The Morgan fingerprint density at radius 3 is 2.66 bits per heavy atom. The number of benzene rings is 1. The third kappa shape index (κ3) is 4.35. The number of halogens is 3. The second kappa shape index (κ2) is 8.33. The molecule has 0 radical (unpaired) electrons. The van der Waals surface area contributed by atoms with Crippen LogP contribution in [0.1, 0.15) is 35.9 Å². The predicted octanol–water partition coefficient (Wildman–Crippen LogP) is 3.41. The van der Waals surface area contributed by atoms with Crippen LogP contribution >= 0.6 is 0 Å². The Labute approximate surface area is 182 Å². The van der Waals surface area contributed by atoms with Gasteiger partial charge < -0.3 is 15.3 Å². The SMILES string of the molecule is C[C@@H](Nc1ccccc1C(=O)O)C1=CC(F)Cn2c1nc(N1CCC(F)(F)CC1)cc2=O. The van der Waals surface area contributed by atoms with Crippen LogP contribution in [0.2, 0.25) is 0 Å². The van der Waals surface area contributed by atoms with Crippen LogP contribution in [0.4, 0.5) is 24.7 Å². The zero-order valence-corrected chi connectivity index (χ0v) is 17.4. The monoisotopic (exact) mass is 448 g/mol. The minimum absolute atomic E-state index is 0.0564. The van der Waals surface area contributed by atoms with Crippen molar-refractivity contribution in [2.45, 2.75) is 44.4 Å². The van der Waals surface area contributed by atoms with Gasteiger partial charge in [0.1, 0.15) is 17.8 Å². The quantitative estimate of drug-likeness (QED) is 0.729. The Hall–Kier alpha value is -3.30. The number of carbonyl (C=O) groups is 1. The van der Waals surface area contributed by atoms with Gasteiger partial charge in [-0.25, -0.2) is 22.9 Å².